The molecule has 0 aliphatic heterocycles. The van der Waals surface area contributed by atoms with Crippen molar-refractivity contribution in [3.8, 4) is 11.1 Å². The van der Waals surface area contributed by atoms with E-state index in [0.717, 1.165) is 18.4 Å². The molecule has 4 heteroatoms. The van der Waals surface area contributed by atoms with Crippen molar-refractivity contribution in [1.82, 2.24) is 0 Å². The van der Waals surface area contributed by atoms with Crippen LogP contribution in [0.2, 0.25) is 0 Å². The number of Topliss-reactive ketones (excluding diaryl/α,β-unsaturated/α-hetero) is 1. The van der Waals surface area contributed by atoms with Gasteiger partial charge >= 0.3 is 5.97 Å². The van der Waals surface area contributed by atoms with E-state index >= 15 is 0 Å². The summed E-state index contributed by atoms with van der Waals surface area (Å²) >= 11 is 0. The molecule has 2 aliphatic rings. The number of hydrogen-bond acceptors (Lipinski definition) is 2. The predicted octanol–water partition coefficient (Wildman–Crippen LogP) is 4.84. The zero-order chi connectivity index (χ0) is 18.3. The van der Waals surface area contributed by atoms with E-state index in [1.807, 2.05) is 24.3 Å². The van der Waals surface area contributed by atoms with E-state index in [1.54, 1.807) is 12.1 Å². The summed E-state index contributed by atoms with van der Waals surface area (Å²) in [7, 11) is 0. The van der Waals surface area contributed by atoms with Gasteiger partial charge in [-0.25, -0.2) is 4.39 Å². The molecule has 26 heavy (non-hydrogen) atoms. The van der Waals surface area contributed by atoms with Gasteiger partial charge in [0.05, 0.1) is 5.41 Å². The van der Waals surface area contributed by atoms with Gasteiger partial charge < -0.3 is 5.11 Å². The van der Waals surface area contributed by atoms with Gasteiger partial charge in [0.1, 0.15) is 11.6 Å². The fraction of sp³-hybridized carbons (Fsp3) is 0.364. The fourth-order valence-corrected chi connectivity index (χ4v) is 4.01. The maximum absolute atomic E-state index is 14.6. The normalized spacial score (nSPS) is 19.3. The molecule has 2 aromatic rings. The van der Waals surface area contributed by atoms with Gasteiger partial charge in [-0.15, -0.1) is 0 Å². The Bertz CT molecular complexity index is 855. The molecule has 2 fully saturated rings. The van der Waals surface area contributed by atoms with E-state index in [4.69, 9.17) is 0 Å². The number of rotatable bonds is 4. The molecular weight excluding hydrogens is 331 g/mol. The lowest BCUT2D eigenvalue weighted by molar-refractivity contribution is -0.140. The van der Waals surface area contributed by atoms with Crippen LogP contribution in [0.3, 0.4) is 0 Å². The lowest BCUT2D eigenvalue weighted by atomic mass is 9.83. The molecule has 0 heterocycles. The highest BCUT2D eigenvalue weighted by Gasteiger charge is 2.51. The molecule has 2 saturated carbocycles. The van der Waals surface area contributed by atoms with E-state index in [-0.39, 0.29) is 5.82 Å². The van der Waals surface area contributed by atoms with Crippen LogP contribution in [0.5, 0.6) is 0 Å². The standard InChI is InChI=1S/C22H21FO3/c23-20-13-17(22(11-12-22)21(25)26)7-10-19(20)16-3-1-14(2-4-16)15-5-8-18(24)9-6-15/h1-4,7,10,13,15H,5-6,8-9,11-12H2,(H,25,26). The first-order valence-electron chi connectivity index (χ1n) is 9.15. The minimum Gasteiger partial charge on any atom is -0.481 e. The maximum atomic E-state index is 14.6. The average molecular weight is 352 g/mol. The lowest BCUT2D eigenvalue weighted by Gasteiger charge is -2.21. The monoisotopic (exact) mass is 352 g/mol. The second kappa shape index (κ2) is 6.35. The number of halogens is 1. The zero-order valence-corrected chi connectivity index (χ0v) is 14.5. The van der Waals surface area contributed by atoms with Crippen molar-refractivity contribution in [2.24, 2.45) is 0 Å². The largest absolute Gasteiger partial charge is 0.481 e. The number of hydrogen-bond donors (Lipinski definition) is 1. The lowest BCUT2D eigenvalue weighted by Crippen LogP contribution is -2.19. The van der Waals surface area contributed by atoms with Gasteiger partial charge in [-0.2, -0.15) is 0 Å². The van der Waals surface area contributed by atoms with Gasteiger partial charge in [0.25, 0.3) is 0 Å². The third kappa shape index (κ3) is 2.94. The van der Waals surface area contributed by atoms with E-state index in [1.165, 1.54) is 11.6 Å². The molecule has 0 bridgehead atoms. The van der Waals surface area contributed by atoms with Gasteiger partial charge in [0.2, 0.25) is 0 Å². The molecular formula is C22H21FO3. The van der Waals surface area contributed by atoms with Crippen molar-refractivity contribution < 1.29 is 19.1 Å². The molecule has 0 amide bonds. The summed E-state index contributed by atoms with van der Waals surface area (Å²) in [4.78, 5) is 22.8. The van der Waals surface area contributed by atoms with Crippen molar-refractivity contribution in [1.29, 1.82) is 0 Å². The highest BCUT2D eigenvalue weighted by molar-refractivity contribution is 5.85. The molecule has 1 N–H and O–H groups in total. The van der Waals surface area contributed by atoms with Crippen molar-refractivity contribution in [3.63, 3.8) is 0 Å². The smallest absolute Gasteiger partial charge is 0.314 e. The van der Waals surface area contributed by atoms with Crippen LogP contribution in [0.25, 0.3) is 11.1 Å². The number of carbonyl (C=O) groups is 2. The Morgan fingerprint density at radius 2 is 1.69 bits per heavy atom. The number of aliphatic carboxylic acids is 1. The number of carboxylic acid groups (broad SMARTS) is 1. The van der Waals surface area contributed by atoms with Crippen LogP contribution in [0.1, 0.15) is 55.6 Å². The summed E-state index contributed by atoms with van der Waals surface area (Å²) in [5.74, 6) is -0.514. The van der Waals surface area contributed by atoms with Gasteiger partial charge in [0.15, 0.2) is 0 Å². The molecule has 3 nitrogen and oxygen atoms in total. The zero-order valence-electron chi connectivity index (χ0n) is 14.5. The molecule has 2 aliphatic carbocycles. The van der Waals surface area contributed by atoms with Crippen LogP contribution in [0.4, 0.5) is 4.39 Å². The molecule has 4 rings (SSSR count). The second-order valence-electron chi connectivity index (χ2n) is 7.52. The van der Waals surface area contributed by atoms with Crippen LogP contribution in [0, 0.1) is 5.82 Å². The SMILES string of the molecule is O=C1CCC(c2ccc(-c3ccc(C4(C(=O)O)CC4)cc3F)cc2)CC1. The topological polar surface area (TPSA) is 54.4 Å². The Kier molecular flexibility index (Phi) is 4.14. The van der Waals surface area contributed by atoms with E-state index < -0.39 is 11.4 Å². The summed E-state index contributed by atoms with van der Waals surface area (Å²) in [6.07, 6.45) is 4.21. The Morgan fingerprint density at radius 1 is 1.04 bits per heavy atom. The third-order valence-corrected chi connectivity index (χ3v) is 5.92. The third-order valence-electron chi connectivity index (χ3n) is 5.92. The van der Waals surface area contributed by atoms with Crippen LogP contribution in [-0.2, 0) is 15.0 Å². The number of ketones is 1. The first-order valence-corrected chi connectivity index (χ1v) is 9.15. The minimum absolute atomic E-state index is 0.342. The Hall–Kier alpha value is -2.49. The first-order chi connectivity index (χ1) is 12.5. The first kappa shape index (κ1) is 17.0. The molecule has 0 radical (unpaired) electrons. The molecule has 134 valence electrons. The van der Waals surface area contributed by atoms with Crippen LogP contribution < -0.4 is 0 Å². The molecule has 2 aromatic carbocycles. The highest BCUT2D eigenvalue weighted by Crippen LogP contribution is 2.49. The summed E-state index contributed by atoms with van der Waals surface area (Å²) in [5, 5.41) is 9.36. The molecule has 0 atom stereocenters. The number of carboxylic acids is 1. The summed E-state index contributed by atoms with van der Waals surface area (Å²) < 4.78 is 14.6. The van der Waals surface area contributed by atoms with E-state index in [0.29, 0.717) is 48.5 Å². The van der Waals surface area contributed by atoms with E-state index in [2.05, 4.69) is 0 Å². The molecule has 0 aromatic heterocycles. The van der Waals surface area contributed by atoms with Crippen molar-refractivity contribution in [2.45, 2.75) is 49.9 Å². The van der Waals surface area contributed by atoms with Crippen LogP contribution in [0.15, 0.2) is 42.5 Å². The van der Waals surface area contributed by atoms with Crippen LogP contribution in [-0.4, -0.2) is 16.9 Å². The Labute approximate surface area is 151 Å². The second-order valence-corrected chi connectivity index (χ2v) is 7.52. The van der Waals surface area contributed by atoms with Gasteiger partial charge in [-0.1, -0.05) is 36.4 Å². The number of carbonyl (C=O) groups excluding carboxylic acids is 1. The quantitative estimate of drug-likeness (QED) is 0.857. The van der Waals surface area contributed by atoms with Gasteiger partial charge in [-0.3, -0.25) is 9.59 Å². The Balaban J connectivity index is 1.56. The fourth-order valence-electron chi connectivity index (χ4n) is 4.01. The van der Waals surface area contributed by atoms with Crippen molar-refractivity contribution >= 4 is 11.8 Å². The molecule has 0 unspecified atom stereocenters. The van der Waals surface area contributed by atoms with Crippen LogP contribution >= 0.6 is 0 Å². The average Bonchev–Trinajstić information content (AvgIpc) is 3.45. The predicted molar refractivity (Wildman–Crippen MR) is 96.6 cm³/mol. The Morgan fingerprint density at radius 3 is 2.23 bits per heavy atom. The van der Waals surface area contributed by atoms with Gasteiger partial charge in [-0.05, 0) is 54.4 Å². The van der Waals surface area contributed by atoms with Gasteiger partial charge in [0, 0.05) is 18.4 Å². The highest BCUT2D eigenvalue weighted by atomic mass is 19.1. The van der Waals surface area contributed by atoms with Crippen molar-refractivity contribution in [3.05, 3.63) is 59.4 Å². The minimum atomic E-state index is -0.887. The van der Waals surface area contributed by atoms with E-state index in [9.17, 15) is 19.1 Å². The number of benzene rings is 2. The molecule has 0 saturated heterocycles. The molecule has 0 spiro atoms. The summed E-state index contributed by atoms with van der Waals surface area (Å²) in [6, 6.07) is 12.6. The summed E-state index contributed by atoms with van der Waals surface area (Å²) in [6.45, 7) is 0. The maximum Gasteiger partial charge on any atom is 0.314 e. The van der Waals surface area contributed by atoms with Crippen molar-refractivity contribution in [2.75, 3.05) is 0 Å². The summed E-state index contributed by atoms with van der Waals surface area (Å²) in [5.41, 5.74) is 2.13.